The molecule has 3 heterocycles. The quantitative estimate of drug-likeness (QED) is 0.726. The topological polar surface area (TPSA) is 51.2 Å². The summed E-state index contributed by atoms with van der Waals surface area (Å²) >= 11 is 0.641. The zero-order valence-corrected chi connectivity index (χ0v) is 17.3. The van der Waals surface area contributed by atoms with Gasteiger partial charge < -0.3 is 19.3 Å². The van der Waals surface area contributed by atoms with Crippen molar-refractivity contribution in [3.8, 4) is 5.75 Å². The molecule has 2 aliphatic heterocycles. The normalized spacial score (nSPS) is 21.2. The predicted octanol–water partition coefficient (Wildman–Crippen LogP) is 4.17. The first-order chi connectivity index (χ1) is 14.3. The summed E-state index contributed by atoms with van der Waals surface area (Å²) in [6, 6.07) is 8.75. The lowest BCUT2D eigenvalue weighted by Gasteiger charge is -2.40. The number of thiophene rings is 1. The van der Waals surface area contributed by atoms with E-state index in [0.717, 1.165) is 17.2 Å². The second-order valence-corrected chi connectivity index (χ2v) is 8.60. The zero-order valence-electron chi connectivity index (χ0n) is 16.5. The maximum Gasteiger partial charge on any atom is 0.425 e. The van der Waals surface area contributed by atoms with Crippen LogP contribution in [0.15, 0.2) is 35.7 Å². The van der Waals surface area contributed by atoms with Crippen LogP contribution in [0.5, 0.6) is 5.75 Å². The summed E-state index contributed by atoms with van der Waals surface area (Å²) in [7, 11) is 1.66. The minimum Gasteiger partial charge on any atom is -0.489 e. The average Bonchev–Trinajstić information content (AvgIpc) is 3.17. The molecule has 1 atom stereocenters. The largest absolute Gasteiger partial charge is 0.489 e. The SMILES string of the molecule is COC1(c2ccc(C(O)N3CCC(Oc4csc(C(F)(F)F)c4)CC3)cc2)COC1. The molecule has 2 saturated heterocycles. The van der Waals surface area contributed by atoms with E-state index >= 15 is 0 Å². The summed E-state index contributed by atoms with van der Waals surface area (Å²) in [6.45, 7) is 2.24. The van der Waals surface area contributed by atoms with E-state index in [4.69, 9.17) is 14.2 Å². The molecule has 164 valence electrons. The van der Waals surface area contributed by atoms with Gasteiger partial charge in [0.1, 0.15) is 28.6 Å². The van der Waals surface area contributed by atoms with Gasteiger partial charge in [0.15, 0.2) is 0 Å². The number of halogens is 3. The van der Waals surface area contributed by atoms with Crippen molar-refractivity contribution >= 4 is 11.3 Å². The number of alkyl halides is 3. The molecule has 9 heteroatoms. The van der Waals surface area contributed by atoms with Gasteiger partial charge in [-0.2, -0.15) is 13.2 Å². The van der Waals surface area contributed by atoms with Gasteiger partial charge in [-0.1, -0.05) is 24.3 Å². The van der Waals surface area contributed by atoms with E-state index in [9.17, 15) is 18.3 Å². The Kier molecular flexibility index (Phi) is 6.09. The summed E-state index contributed by atoms with van der Waals surface area (Å²) < 4.78 is 54.8. The first kappa shape index (κ1) is 21.6. The molecule has 1 unspecified atom stereocenters. The van der Waals surface area contributed by atoms with E-state index in [1.54, 1.807) is 7.11 Å². The van der Waals surface area contributed by atoms with E-state index < -0.39 is 22.9 Å². The number of benzene rings is 1. The minimum atomic E-state index is -4.34. The van der Waals surface area contributed by atoms with Gasteiger partial charge in [0.05, 0.1) is 13.2 Å². The van der Waals surface area contributed by atoms with Gasteiger partial charge in [0, 0.05) is 31.6 Å². The zero-order chi connectivity index (χ0) is 21.4. The number of aliphatic hydroxyl groups is 1. The van der Waals surface area contributed by atoms with Crippen LogP contribution in [-0.4, -0.2) is 49.5 Å². The van der Waals surface area contributed by atoms with Gasteiger partial charge in [-0.15, -0.1) is 11.3 Å². The van der Waals surface area contributed by atoms with E-state index in [-0.39, 0.29) is 11.9 Å². The summed E-state index contributed by atoms with van der Waals surface area (Å²) in [6.07, 6.45) is -3.97. The molecule has 1 N–H and O–H groups in total. The molecule has 0 amide bonds. The van der Waals surface area contributed by atoms with Crippen LogP contribution in [0.1, 0.15) is 35.1 Å². The Morgan fingerprint density at radius 2 is 1.87 bits per heavy atom. The number of aliphatic hydroxyl groups excluding tert-OH is 1. The van der Waals surface area contributed by atoms with Crippen molar-refractivity contribution in [2.45, 2.75) is 37.0 Å². The standard InChI is InChI=1S/C21H24F3NO4S/c1-27-20(12-28-13-20)15-4-2-14(3-5-15)19(26)25-8-6-16(7-9-25)29-17-10-18(30-11-17)21(22,23)24/h2-5,10-11,16,19,26H,6-9,12-13H2,1H3. The monoisotopic (exact) mass is 443 g/mol. The fourth-order valence-corrected chi connectivity index (χ4v) is 4.50. The van der Waals surface area contributed by atoms with Gasteiger partial charge in [0.2, 0.25) is 0 Å². The van der Waals surface area contributed by atoms with Gasteiger partial charge in [0.25, 0.3) is 0 Å². The molecule has 0 bridgehead atoms. The van der Waals surface area contributed by atoms with Crippen LogP contribution < -0.4 is 4.74 Å². The van der Waals surface area contributed by atoms with Crippen LogP contribution in [0, 0.1) is 0 Å². The van der Waals surface area contributed by atoms with Crippen molar-refractivity contribution in [1.82, 2.24) is 4.90 Å². The fraction of sp³-hybridized carbons (Fsp3) is 0.524. The lowest BCUT2D eigenvalue weighted by Crippen LogP contribution is -2.48. The number of methoxy groups -OCH3 is 1. The maximum absolute atomic E-state index is 12.7. The van der Waals surface area contributed by atoms with Crippen molar-refractivity contribution in [3.05, 3.63) is 51.7 Å². The fourth-order valence-electron chi connectivity index (χ4n) is 3.82. The van der Waals surface area contributed by atoms with E-state index in [0.29, 0.717) is 50.5 Å². The molecule has 0 aliphatic carbocycles. The summed E-state index contributed by atoms with van der Waals surface area (Å²) in [5.41, 5.74) is 1.41. The Morgan fingerprint density at radius 3 is 2.37 bits per heavy atom. The van der Waals surface area contributed by atoms with Gasteiger partial charge in [-0.3, -0.25) is 4.90 Å². The Morgan fingerprint density at radius 1 is 1.20 bits per heavy atom. The highest BCUT2D eigenvalue weighted by molar-refractivity contribution is 7.10. The summed E-state index contributed by atoms with van der Waals surface area (Å²) in [4.78, 5) is 1.29. The molecule has 2 aliphatic rings. The lowest BCUT2D eigenvalue weighted by atomic mass is 9.91. The number of likely N-dealkylation sites (tertiary alicyclic amines) is 1. The van der Waals surface area contributed by atoms with Crippen molar-refractivity contribution < 1.29 is 32.5 Å². The van der Waals surface area contributed by atoms with E-state index in [1.807, 2.05) is 29.2 Å². The molecule has 4 rings (SSSR count). The van der Waals surface area contributed by atoms with Crippen LogP contribution in [-0.2, 0) is 21.3 Å². The highest BCUT2D eigenvalue weighted by atomic mass is 32.1. The van der Waals surface area contributed by atoms with Crippen molar-refractivity contribution in [2.75, 3.05) is 33.4 Å². The molecular formula is C21H24F3NO4S. The third kappa shape index (κ3) is 4.36. The van der Waals surface area contributed by atoms with Gasteiger partial charge in [-0.05, 0) is 24.0 Å². The molecule has 2 fully saturated rings. The number of nitrogens with zero attached hydrogens (tertiary/aromatic N) is 1. The highest BCUT2D eigenvalue weighted by Crippen LogP contribution is 2.37. The summed E-state index contributed by atoms with van der Waals surface area (Å²) in [5.74, 6) is 0.258. The van der Waals surface area contributed by atoms with Crippen LogP contribution in [0.3, 0.4) is 0 Å². The van der Waals surface area contributed by atoms with E-state index in [1.165, 1.54) is 5.38 Å². The lowest BCUT2D eigenvalue weighted by molar-refractivity contribution is -0.202. The average molecular weight is 443 g/mol. The Labute approximate surface area is 177 Å². The second kappa shape index (κ2) is 8.47. The molecule has 1 aromatic carbocycles. The second-order valence-electron chi connectivity index (χ2n) is 7.68. The number of ether oxygens (including phenoxy) is 3. The van der Waals surface area contributed by atoms with Crippen molar-refractivity contribution in [3.63, 3.8) is 0 Å². The highest BCUT2D eigenvalue weighted by Gasteiger charge is 2.40. The van der Waals surface area contributed by atoms with E-state index in [2.05, 4.69) is 0 Å². The molecular weight excluding hydrogens is 419 g/mol. The Balaban J connectivity index is 1.31. The maximum atomic E-state index is 12.7. The minimum absolute atomic E-state index is 0.160. The molecule has 5 nitrogen and oxygen atoms in total. The van der Waals surface area contributed by atoms with Crippen LogP contribution in [0.2, 0.25) is 0 Å². The first-order valence-corrected chi connectivity index (χ1v) is 10.7. The van der Waals surface area contributed by atoms with Crippen molar-refractivity contribution in [1.29, 1.82) is 0 Å². The molecule has 0 saturated carbocycles. The molecule has 2 aromatic rings. The van der Waals surface area contributed by atoms with Gasteiger partial charge >= 0.3 is 6.18 Å². The molecule has 0 spiro atoms. The first-order valence-electron chi connectivity index (χ1n) is 9.78. The number of hydrogen-bond donors (Lipinski definition) is 1. The summed E-state index contributed by atoms with van der Waals surface area (Å²) in [5, 5.41) is 12.1. The Hall–Kier alpha value is -1.65. The van der Waals surface area contributed by atoms with Crippen molar-refractivity contribution in [2.24, 2.45) is 0 Å². The van der Waals surface area contributed by atoms with Gasteiger partial charge in [-0.25, -0.2) is 0 Å². The number of hydrogen-bond acceptors (Lipinski definition) is 6. The molecule has 1 aromatic heterocycles. The number of rotatable bonds is 6. The van der Waals surface area contributed by atoms with Crippen LogP contribution in [0.4, 0.5) is 13.2 Å². The van der Waals surface area contributed by atoms with Crippen LogP contribution >= 0.6 is 11.3 Å². The Bertz CT molecular complexity index is 837. The smallest absolute Gasteiger partial charge is 0.425 e. The molecule has 30 heavy (non-hydrogen) atoms. The van der Waals surface area contributed by atoms with Crippen LogP contribution in [0.25, 0.3) is 0 Å². The predicted molar refractivity (Wildman–Crippen MR) is 105 cm³/mol. The molecule has 0 radical (unpaired) electrons. The third-order valence-electron chi connectivity index (χ3n) is 5.78. The third-order valence-corrected chi connectivity index (χ3v) is 6.73. The number of piperidine rings is 1.